The summed E-state index contributed by atoms with van der Waals surface area (Å²) in [4.78, 5) is 17.1. The number of rotatable bonds is 4. The van der Waals surface area contributed by atoms with E-state index in [4.69, 9.17) is 17.0 Å². The Labute approximate surface area is 207 Å². The molecule has 2 aliphatic rings. The van der Waals surface area contributed by atoms with E-state index in [0.29, 0.717) is 15.2 Å². The minimum Gasteiger partial charge on any atom is -0.318 e. The molecule has 0 saturated carbocycles. The quantitative estimate of drug-likeness (QED) is 0.460. The molecule has 1 amide bonds. The molecule has 0 fully saturated rings. The molecular weight excluding hydrogens is 466 g/mol. The van der Waals surface area contributed by atoms with Crippen molar-refractivity contribution in [1.29, 1.82) is 5.41 Å². The molecule has 0 saturated heterocycles. The highest BCUT2D eigenvalue weighted by Gasteiger charge is 2.36. The lowest BCUT2D eigenvalue weighted by molar-refractivity contribution is -0.114. The number of nitrogens with one attached hydrogen (secondary N) is 1. The van der Waals surface area contributed by atoms with Gasteiger partial charge in [-0.15, -0.1) is 0 Å². The van der Waals surface area contributed by atoms with Crippen LogP contribution in [0.1, 0.15) is 35.0 Å². The number of para-hydroxylation sites is 1. The normalized spacial score (nSPS) is 16.7. The summed E-state index contributed by atoms with van der Waals surface area (Å²) < 4.78 is 2.19. The number of amidine groups is 2. The third-order valence-electron chi connectivity index (χ3n) is 5.94. The van der Waals surface area contributed by atoms with Crippen molar-refractivity contribution in [3.63, 3.8) is 0 Å². The molecule has 3 heterocycles. The van der Waals surface area contributed by atoms with Gasteiger partial charge in [0, 0.05) is 22.6 Å². The molecule has 0 atom stereocenters. The first-order chi connectivity index (χ1) is 16.4. The Morgan fingerprint density at radius 1 is 1.12 bits per heavy atom. The largest absolute Gasteiger partial charge is 0.318 e. The van der Waals surface area contributed by atoms with Crippen LogP contribution in [0.5, 0.6) is 0 Å². The van der Waals surface area contributed by atoms with E-state index >= 15 is 0 Å². The molecule has 1 N–H and O–H groups in total. The van der Waals surface area contributed by atoms with Gasteiger partial charge in [-0.25, -0.2) is 0 Å². The highest BCUT2D eigenvalue weighted by molar-refractivity contribution is 8.27. The number of benzene rings is 2. The molecule has 1 aromatic heterocycles. The molecule has 6 nitrogen and oxygen atoms in total. The first kappa shape index (κ1) is 22.4. The van der Waals surface area contributed by atoms with Crippen molar-refractivity contribution < 1.29 is 4.79 Å². The number of carbonyl (C=O) groups excluding carboxylic acids is 1. The van der Waals surface area contributed by atoms with Crippen molar-refractivity contribution in [2.45, 2.75) is 27.2 Å². The molecule has 3 aromatic rings. The number of hydrogen-bond donors (Lipinski definition) is 1. The SMILES string of the molecule is CCc1ccccc1-n1c(C)cc(/C=C2\C(=N)N3N=C(c4ccccc4Cl)SC3=NC2=O)c1C. The molecule has 0 spiro atoms. The number of hydrazone groups is 1. The average molecular weight is 488 g/mol. The lowest BCUT2D eigenvalue weighted by atomic mass is 10.1. The third kappa shape index (κ3) is 3.71. The summed E-state index contributed by atoms with van der Waals surface area (Å²) in [7, 11) is 0. The van der Waals surface area contributed by atoms with Crippen molar-refractivity contribution in [3.05, 3.63) is 93.3 Å². The van der Waals surface area contributed by atoms with Gasteiger partial charge < -0.3 is 4.57 Å². The second kappa shape index (κ2) is 8.74. The number of amides is 1. The number of fused-ring (bicyclic) bond motifs is 1. The van der Waals surface area contributed by atoms with Crippen LogP contribution in [0.15, 0.2) is 70.3 Å². The van der Waals surface area contributed by atoms with E-state index in [2.05, 4.69) is 33.7 Å². The minimum absolute atomic E-state index is 0.00307. The number of nitrogens with zero attached hydrogens (tertiary/aromatic N) is 4. The molecule has 0 unspecified atom stereocenters. The van der Waals surface area contributed by atoms with Crippen LogP contribution in [0.2, 0.25) is 5.02 Å². The number of thioether (sulfide) groups is 1. The zero-order valence-corrected chi connectivity index (χ0v) is 20.5. The van der Waals surface area contributed by atoms with Gasteiger partial charge in [-0.2, -0.15) is 15.1 Å². The summed E-state index contributed by atoms with van der Waals surface area (Å²) in [6.07, 6.45) is 2.66. The summed E-state index contributed by atoms with van der Waals surface area (Å²) in [5, 5.41) is 16.2. The van der Waals surface area contributed by atoms with Gasteiger partial charge in [-0.05, 0) is 67.4 Å². The zero-order valence-electron chi connectivity index (χ0n) is 19.0. The second-order valence-corrected chi connectivity index (χ2v) is 9.41. The fourth-order valence-corrected chi connectivity index (χ4v) is 5.44. The van der Waals surface area contributed by atoms with E-state index in [9.17, 15) is 4.79 Å². The van der Waals surface area contributed by atoms with Gasteiger partial charge in [-0.1, -0.05) is 54.9 Å². The molecule has 0 radical (unpaired) electrons. The van der Waals surface area contributed by atoms with Gasteiger partial charge >= 0.3 is 0 Å². The number of aliphatic imine (C=N–C) groups is 1. The van der Waals surface area contributed by atoms with Crippen molar-refractivity contribution >= 4 is 51.4 Å². The van der Waals surface area contributed by atoms with Gasteiger partial charge in [0.05, 0.1) is 10.6 Å². The average Bonchev–Trinajstić information content (AvgIpc) is 3.37. The molecule has 34 heavy (non-hydrogen) atoms. The number of halogens is 1. The van der Waals surface area contributed by atoms with Crippen molar-refractivity contribution in [2.75, 3.05) is 0 Å². The predicted molar refractivity (Wildman–Crippen MR) is 140 cm³/mol. The van der Waals surface area contributed by atoms with Crippen LogP contribution in [0.4, 0.5) is 0 Å². The molecular formula is C26H22ClN5OS. The molecule has 2 aliphatic heterocycles. The molecule has 2 aromatic carbocycles. The van der Waals surface area contributed by atoms with Crippen molar-refractivity contribution in [3.8, 4) is 5.69 Å². The topological polar surface area (TPSA) is 73.8 Å². The number of aryl methyl sites for hydroxylation is 2. The first-order valence-corrected chi connectivity index (χ1v) is 12.1. The van der Waals surface area contributed by atoms with Crippen LogP contribution in [-0.2, 0) is 11.2 Å². The molecule has 170 valence electrons. The van der Waals surface area contributed by atoms with E-state index in [1.807, 2.05) is 50.2 Å². The number of hydrogen-bond acceptors (Lipinski definition) is 4. The summed E-state index contributed by atoms with van der Waals surface area (Å²) >= 11 is 7.56. The second-order valence-electron chi connectivity index (χ2n) is 8.05. The van der Waals surface area contributed by atoms with Crippen molar-refractivity contribution in [2.24, 2.45) is 10.1 Å². The zero-order chi connectivity index (χ0) is 24.0. The smallest absolute Gasteiger partial charge is 0.283 e. The fraction of sp³-hybridized carbons (Fsp3) is 0.154. The predicted octanol–water partition coefficient (Wildman–Crippen LogP) is 5.98. The maximum atomic E-state index is 12.9. The molecule has 5 rings (SSSR count). The van der Waals surface area contributed by atoms with E-state index in [0.717, 1.165) is 34.6 Å². The van der Waals surface area contributed by atoms with Crippen molar-refractivity contribution in [1.82, 2.24) is 9.58 Å². The van der Waals surface area contributed by atoms with Crippen LogP contribution < -0.4 is 0 Å². The molecule has 8 heteroatoms. The molecule has 0 aliphatic carbocycles. The van der Waals surface area contributed by atoms with Gasteiger partial charge in [0.2, 0.25) is 5.17 Å². The lowest BCUT2D eigenvalue weighted by Gasteiger charge is -2.20. The number of aromatic nitrogens is 1. The van der Waals surface area contributed by atoms with Gasteiger partial charge in [0.15, 0.2) is 5.84 Å². The van der Waals surface area contributed by atoms with Gasteiger partial charge in [0.25, 0.3) is 5.91 Å². The fourth-order valence-electron chi connectivity index (χ4n) is 4.22. The maximum absolute atomic E-state index is 12.9. The van der Waals surface area contributed by atoms with E-state index in [1.54, 1.807) is 12.1 Å². The van der Waals surface area contributed by atoms with Crippen LogP contribution in [0, 0.1) is 19.3 Å². The van der Waals surface area contributed by atoms with Crippen LogP contribution >= 0.6 is 23.4 Å². The maximum Gasteiger partial charge on any atom is 0.283 e. The van der Waals surface area contributed by atoms with Crippen LogP contribution in [-0.4, -0.2) is 31.5 Å². The minimum atomic E-state index is -0.446. The number of carbonyl (C=O) groups is 1. The Morgan fingerprint density at radius 3 is 2.62 bits per heavy atom. The molecule has 0 bridgehead atoms. The van der Waals surface area contributed by atoms with E-state index in [1.165, 1.54) is 22.3 Å². The van der Waals surface area contributed by atoms with Gasteiger partial charge in [0.1, 0.15) is 5.04 Å². The Balaban J connectivity index is 1.53. The monoisotopic (exact) mass is 487 g/mol. The van der Waals surface area contributed by atoms with Crippen LogP contribution in [0.3, 0.4) is 0 Å². The Hall–Kier alpha value is -3.42. The highest BCUT2D eigenvalue weighted by Crippen LogP contribution is 2.33. The summed E-state index contributed by atoms with van der Waals surface area (Å²) in [5.41, 5.74) is 6.25. The van der Waals surface area contributed by atoms with E-state index in [-0.39, 0.29) is 11.4 Å². The third-order valence-corrected chi connectivity index (χ3v) is 7.21. The first-order valence-electron chi connectivity index (χ1n) is 10.9. The Bertz CT molecular complexity index is 1450. The van der Waals surface area contributed by atoms with E-state index < -0.39 is 5.91 Å². The lowest BCUT2D eigenvalue weighted by Crippen LogP contribution is -2.35. The summed E-state index contributed by atoms with van der Waals surface area (Å²) in [6, 6.07) is 17.7. The Morgan fingerprint density at radius 2 is 1.85 bits per heavy atom. The summed E-state index contributed by atoms with van der Waals surface area (Å²) in [6.45, 7) is 6.21. The Kier molecular flexibility index (Phi) is 5.75. The standard InChI is InChI=1S/C26H22ClN5OS/c1-4-17-9-5-8-12-22(17)31-15(2)13-18(16(31)3)14-20-23(28)32-26(29-24(20)33)34-25(30-32)19-10-6-7-11-21(19)27/h5-14,28H,4H2,1-3H3/b20-14+,28-23?. The summed E-state index contributed by atoms with van der Waals surface area (Å²) in [5.74, 6) is -0.443. The van der Waals surface area contributed by atoms with Gasteiger partial charge in [-0.3, -0.25) is 10.2 Å². The van der Waals surface area contributed by atoms with Crippen LogP contribution in [0.25, 0.3) is 11.8 Å². The highest BCUT2D eigenvalue weighted by atomic mass is 35.5.